The summed E-state index contributed by atoms with van der Waals surface area (Å²) in [5, 5.41) is 2.60. The first-order valence-corrected chi connectivity index (χ1v) is 5.84. The monoisotopic (exact) mass is 251 g/mol. The highest BCUT2D eigenvalue weighted by atomic mass is 16.5. The zero-order valence-corrected chi connectivity index (χ0v) is 10.3. The minimum Gasteiger partial charge on any atom is -0.457 e. The van der Waals surface area contributed by atoms with Crippen molar-refractivity contribution in [3.8, 4) is 23.8 Å². The molecule has 19 heavy (non-hydrogen) atoms. The Balaban J connectivity index is 2.03. The molecule has 0 spiro atoms. The lowest BCUT2D eigenvalue weighted by molar-refractivity contribution is 0.0958. The van der Waals surface area contributed by atoms with Crippen molar-refractivity contribution in [1.29, 1.82) is 0 Å². The third-order valence-electron chi connectivity index (χ3n) is 2.45. The van der Waals surface area contributed by atoms with E-state index in [9.17, 15) is 4.79 Å². The van der Waals surface area contributed by atoms with Crippen LogP contribution in [0.1, 0.15) is 10.4 Å². The van der Waals surface area contributed by atoms with Gasteiger partial charge in [0.25, 0.3) is 5.91 Å². The average molecular weight is 251 g/mol. The van der Waals surface area contributed by atoms with Crippen molar-refractivity contribution < 1.29 is 9.53 Å². The number of carbonyl (C=O) groups is 1. The van der Waals surface area contributed by atoms with Crippen LogP contribution in [0, 0.1) is 12.3 Å². The molecule has 0 saturated carbocycles. The molecule has 2 aromatic rings. The van der Waals surface area contributed by atoms with Crippen LogP contribution < -0.4 is 10.1 Å². The number of terminal acetylenes is 1. The Morgan fingerprint density at radius 2 is 1.68 bits per heavy atom. The summed E-state index contributed by atoms with van der Waals surface area (Å²) < 4.78 is 5.63. The van der Waals surface area contributed by atoms with E-state index in [2.05, 4.69) is 11.2 Å². The third-order valence-corrected chi connectivity index (χ3v) is 2.45. The zero-order chi connectivity index (χ0) is 13.5. The topological polar surface area (TPSA) is 38.3 Å². The van der Waals surface area contributed by atoms with Gasteiger partial charge in [-0.1, -0.05) is 24.1 Å². The first kappa shape index (κ1) is 12.7. The van der Waals surface area contributed by atoms with Crippen LogP contribution in [0.3, 0.4) is 0 Å². The number of nitrogens with one attached hydrogen (secondary N) is 1. The molecule has 0 heterocycles. The normalized spacial score (nSPS) is 9.42. The molecular formula is C16H13NO2. The van der Waals surface area contributed by atoms with Crippen molar-refractivity contribution >= 4 is 5.91 Å². The molecule has 2 rings (SSSR count). The summed E-state index contributed by atoms with van der Waals surface area (Å²) in [6.45, 7) is 0.223. The third kappa shape index (κ3) is 3.62. The summed E-state index contributed by atoms with van der Waals surface area (Å²) in [4.78, 5) is 11.6. The van der Waals surface area contributed by atoms with Crippen LogP contribution >= 0.6 is 0 Å². The van der Waals surface area contributed by atoms with E-state index in [0.29, 0.717) is 11.3 Å². The van der Waals surface area contributed by atoms with Crippen molar-refractivity contribution in [2.24, 2.45) is 0 Å². The van der Waals surface area contributed by atoms with E-state index in [4.69, 9.17) is 11.2 Å². The van der Waals surface area contributed by atoms with Gasteiger partial charge in [0.2, 0.25) is 0 Å². The van der Waals surface area contributed by atoms with E-state index in [0.717, 1.165) is 5.75 Å². The molecule has 2 aromatic carbocycles. The molecule has 0 bridgehead atoms. The second-order valence-corrected chi connectivity index (χ2v) is 3.83. The predicted octanol–water partition coefficient (Wildman–Crippen LogP) is 2.84. The Labute approximate surface area is 112 Å². The highest BCUT2D eigenvalue weighted by Gasteiger charge is 2.04. The standard InChI is InChI=1S/C16H13NO2/c1-2-12-17-16(18)13-8-10-15(11-9-13)19-14-6-4-3-5-7-14/h1,3-11H,12H2,(H,17,18). The van der Waals surface area contributed by atoms with Crippen LogP contribution in [0.4, 0.5) is 0 Å². The number of hydrogen-bond donors (Lipinski definition) is 1. The molecule has 3 heteroatoms. The number of hydrogen-bond acceptors (Lipinski definition) is 2. The number of benzene rings is 2. The van der Waals surface area contributed by atoms with E-state index in [1.165, 1.54) is 0 Å². The zero-order valence-electron chi connectivity index (χ0n) is 10.3. The van der Waals surface area contributed by atoms with E-state index in [-0.39, 0.29) is 12.5 Å². The van der Waals surface area contributed by atoms with Crippen LogP contribution in [0.15, 0.2) is 54.6 Å². The Kier molecular flexibility index (Phi) is 4.20. The minimum atomic E-state index is -0.191. The molecule has 0 atom stereocenters. The van der Waals surface area contributed by atoms with E-state index < -0.39 is 0 Å². The molecule has 1 amide bonds. The maximum absolute atomic E-state index is 11.6. The number of amides is 1. The van der Waals surface area contributed by atoms with E-state index in [1.54, 1.807) is 24.3 Å². The van der Waals surface area contributed by atoms with Crippen LogP contribution in [0.25, 0.3) is 0 Å². The van der Waals surface area contributed by atoms with Crippen molar-refractivity contribution in [3.05, 3.63) is 60.2 Å². The Morgan fingerprint density at radius 1 is 1.05 bits per heavy atom. The fraction of sp³-hybridized carbons (Fsp3) is 0.0625. The molecule has 0 aliphatic heterocycles. The van der Waals surface area contributed by atoms with Crippen LogP contribution in [-0.4, -0.2) is 12.5 Å². The smallest absolute Gasteiger partial charge is 0.252 e. The van der Waals surface area contributed by atoms with Gasteiger partial charge in [-0.2, -0.15) is 0 Å². The highest BCUT2D eigenvalue weighted by molar-refractivity contribution is 5.94. The van der Waals surface area contributed by atoms with Gasteiger partial charge in [0.1, 0.15) is 11.5 Å². The van der Waals surface area contributed by atoms with Crippen molar-refractivity contribution in [2.75, 3.05) is 6.54 Å². The lowest BCUT2D eigenvalue weighted by atomic mass is 10.2. The Hall–Kier alpha value is -2.73. The van der Waals surface area contributed by atoms with Gasteiger partial charge in [-0.3, -0.25) is 4.79 Å². The summed E-state index contributed by atoms with van der Waals surface area (Å²) in [5.74, 6) is 3.60. The summed E-state index contributed by atoms with van der Waals surface area (Å²) in [5.41, 5.74) is 0.552. The van der Waals surface area contributed by atoms with Crippen LogP contribution in [-0.2, 0) is 0 Å². The Bertz CT molecular complexity index is 582. The number of ether oxygens (including phenoxy) is 1. The predicted molar refractivity (Wildman–Crippen MR) is 74.1 cm³/mol. The number of rotatable bonds is 4. The molecular weight excluding hydrogens is 238 g/mol. The molecule has 0 saturated heterocycles. The first-order chi connectivity index (χ1) is 9.29. The quantitative estimate of drug-likeness (QED) is 0.848. The van der Waals surface area contributed by atoms with Gasteiger partial charge in [-0.15, -0.1) is 6.42 Å². The summed E-state index contributed by atoms with van der Waals surface area (Å²) in [7, 11) is 0. The van der Waals surface area contributed by atoms with Crippen LogP contribution in [0.2, 0.25) is 0 Å². The molecule has 0 aliphatic rings. The van der Waals surface area contributed by atoms with Gasteiger partial charge in [0.05, 0.1) is 6.54 Å². The molecule has 0 aliphatic carbocycles. The van der Waals surface area contributed by atoms with Crippen LogP contribution in [0.5, 0.6) is 11.5 Å². The molecule has 94 valence electrons. The van der Waals surface area contributed by atoms with E-state index in [1.807, 2.05) is 30.3 Å². The average Bonchev–Trinajstić information content (AvgIpc) is 2.46. The maximum Gasteiger partial charge on any atom is 0.252 e. The van der Waals surface area contributed by atoms with Gasteiger partial charge in [-0.05, 0) is 36.4 Å². The molecule has 0 unspecified atom stereocenters. The highest BCUT2D eigenvalue weighted by Crippen LogP contribution is 2.20. The van der Waals surface area contributed by atoms with Gasteiger partial charge >= 0.3 is 0 Å². The largest absolute Gasteiger partial charge is 0.457 e. The lowest BCUT2D eigenvalue weighted by Crippen LogP contribution is -2.23. The minimum absolute atomic E-state index is 0.191. The van der Waals surface area contributed by atoms with Crippen molar-refractivity contribution in [2.45, 2.75) is 0 Å². The van der Waals surface area contributed by atoms with Gasteiger partial charge < -0.3 is 10.1 Å². The fourth-order valence-corrected chi connectivity index (χ4v) is 1.53. The number of carbonyl (C=O) groups excluding carboxylic acids is 1. The van der Waals surface area contributed by atoms with Gasteiger partial charge in [0, 0.05) is 5.56 Å². The second kappa shape index (κ2) is 6.27. The molecule has 0 aromatic heterocycles. The molecule has 1 N–H and O–H groups in total. The van der Waals surface area contributed by atoms with Crippen molar-refractivity contribution in [1.82, 2.24) is 5.32 Å². The fourth-order valence-electron chi connectivity index (χ4n) is 1.53. The second-order valence-electron chi connectivity index (χ2n) is 3.83. The lowest BCUT2D eigenvalue weighted by Gasteiger charge is -2.06. The molecule has 0 radical (unpaired) electrons. The summed E-state index contributed by atoms with van der Waals surface area (Å²) in [6.07, 6.45) is 5.08. The SMILES string of the molecule is C#CCNC(=O)c1ccc(Oc2ccccc2)cc1. The molecule has 3 nitrogen and oxygen atoms in total. The van der Waals surface area contributed by atoms with Crippen molar-refractivity contribution in [3.63, 3.8) is 0 Å². The van der Waals surface area contributed by atoms with Gasteiger partial charge in [-0.25, -0.2) is 0 Å². The maximum atomic E-state index is 11.6. The van der Waals surface area contributed by atoms with Gasteiger partial charge in [0.15, 0.2) is 0 Å². The van der Waals surface area contributed by atoms with E-state index >= 15 is 0 Å². The number of para-hydroxylation sites is 1. The first-order valence-electron chi connectivity index (χ1n) is 5.84. The summed E-state index contributed by atoms with van der Waals surface area (Å²) >= 11 is 0. The Morgan fingerprint density at radius 3 is 2.32 bits per heavy atom. The molecule has 0 fully saturated rings. The summed E-state index contributed by atoms with van der Waals surface area (Å²) in [6, 6.07) is 16.4.